The van der Waals surface area contributed by atoms with Crippen molar-refractivity contribution in [3.05, 3.63) is 66.7 Å². The highest BCUT2D eigenvalue weighted by molar-refractivity contribution is 7.22. The van der Waals surface area contributed by atoms with E-state index in [1.54, 1.807) is 22.7 Å². The Balaban J connectivity index is 1.56. The van der Waals surface area contributed by atoms with Crippen LogP contribution in [0.25, 0.3) is 41.6 Å². The molecule has 0 spiro atoms. The van der Waals surface area contributed by atoms with Gasteiger partial charge in [-0.3, -0.25) is 0 Å². The number of fused-ring (bicyclic) bond motifs is 2. The Morgan fingerprint density at radius 1 is 0.692 bits per heavy atom. The molecular weight excluding hydrogens is 357 g/mol. The maximum absolute atomic E-state index is 4.80. The van der Waals surface area contributed by atoms with Gasteiger partial charge in [-0.2, -0.15) is 0 Å². The normalized spacial score (nSPS) is 11.3. The van der Waals surface area contributed by atoms with Crippen LogP contribution in [0.15, 0.2) is 66.7 Å². The third-order valence-electron chi connectivity index (χ3n) is 4.35. The van der Waals surface area contributed by atoms with Gasteiger partial charge in [-0.15, -0.1) is 22.7 Å². The first kappa shape index (κ1) is 15.5. The highest BCUT2D eigenvalue weighted by Gasteiger charge is 2.10. The number of benzene rings is 3. The number of thiazole rings is 2. The van der Waals surface area contributed by atoms with Gasteiger partial charge < -0.3 is 5.32 Å². The largest absolute Gasteiger partial charge is 0.388 e. The maximum Gasteiger partial charge on any atom is 0.124 e. The number of rotatable bonds is 3. The number of hydrogen-bond donors (Lipinski definition) is 1. The predicted octanol–water partition coefficient (Wildman–Crippen LogP) is 6.28. The van der Waals surface area contributed by atoms with Gasteiger partial charge in [-0.1, -0.05) is 12.1 Å². The van der Waals surface area contributed by atoms with Crippen LogP contribution >= 0.6 is 22.7 Å². The molecule has 0 aliphatic rings. The number of aromatic nitrogens is 2. The van der Waals surface area contributed by atoms with Crippen LogP contribution < -0.4 is 5.32 Å². The van der Waals surface area contributed by atoms with Crippen molar-refractivity contribution in [3.63, 3.8) is 0 Å². The van der Waals surface area contributed by atoms with Gasteiger partial charge in [-0.25, -0.2) is 9.97 Å². The van der Waals surface area contributed by atoms with Gasteiger partial charge >= 0.3 is 0 Å². The Morgan fingerprint density at radius 3 is 2.12 bits per heavy atom. The first-order chi connectivity index (χ1) is 12.8. The first-order valence-corrected chi connectivity index (χ1v) is 9.98. The molecule has 0 aliphatic heterocycles. The highest BCUT2D eigenvalue weighted by Crippen LogP contribution is 2.35. The number of nitrogens with one attached hydrogen (secondary N) is 1. The smallest absolute Gasteiger partial charge is 0.124 e. The Kier molecular flexibility index (Phi) is 3.69. The molecule has 26 heavy (non-hydrogen) atoms. The van der Waals surface area contributed by atoms with E-state index in [4.69, 9.17) is 9.97 Å². The van der Waals surface area contributed by atoms with E-state index >= 15 is 0 Å². The summed E-state index contributed by atoms with van der Waals surface area (Å²) in [5, 5.41) is 5.25. The molecule has 1 N–H and O–H groups in total. The molecule has 0 saturated carbocycles. The van der Waals surface area contributed by atoms with Crippen LogP contribution in [0.3, 0.4) is 0 Å². The van der Waals surface area contributed by atoms with Gasteiger partial charge in [0.1, 0.15) is 10.0 Å². The Labute approximate surface area is 159 Å². The van der Waals surface area contributed by atoms with Crippen LogP contribution in [0.1, 0.15) is 0 Å². The van der Waals surface area contributed by atoms with E-state index in [2.05, 4.69) is 66.0 Å². The minimum absolute atomic E-state index is 1.03. The summed E-state index contributed by atoms with van der Waals surface area (Å²) in [7, 11) is 1.93. The molecular formula is C21H15N3S2. The number of nitrogens with zero attached hydrogens (tertiary/aromatic N) is 2. The molecule has 0 radical (unpaired) electrons. The Morgan fingerprint density at radius 2 is 1.35 bits per heavy atom. The van der Waals surface area contributed by atoms with Crippen LogP contribution in [-0.4, -0.2) is 17.0 Å². The minimum Gasteiger partial charge on any atom is -0.388 e. The monoisotopic (exact) mass is 372 g/mol. The molecule has 0 unspecified atom stereocenters. The molecule has 5 rings (SSSR count). The molecule has 2 heterocycles. The van der Waals surface area contributed by atoms with Gasteiger partial charge in [0.25, 0.3) is 0 Å². The van der Waals surface area contributed by atoms with Crippen LogP contribution in [-0.2, 0) is 0 Å². The third kappa shape index (κ3) is 2.66. The fourth-order valence-electron chi connectivity index (χ4n) is 2.96. The number of anilines is 1. The summed E-state index contributed by atoms with van der Waals surface area (Å²) in [6.07, 6.45) is 0. The molecule has 3 nitrogen and oxygen atoms in total. The fourth-order valence-corrected chi connectivity index (χ4v) is 4.93. The van der Waals surface area contributed by atoms with Crippen molar-refractivity contribution >= 4 is 48.8 Å². The molecule has 0 amide bonds. The van der Waals surface area contributed by atoms with E-state index < -0.39 is 0 Å². The van der Waals surface area contributed by atoms with Gasteiger partial charge in [0.15, 0.2) is 0 Å². The van der Waals surface area contributed by atoms with Crippen molar-refractivity contribution in [2.75, 3.05) is 12.4 Å². The molecule has 5 aromatic rings. The van der Waals surface area contributed by atoms with Crippen molar-refractivity contribution in [1.82, 2.24) is 9.97 Å². The molecule has 126 valence electrons. The van der Waals surface area contributed by atoms with Gasteiger partial charge in [0.05, 0.1) is 20.4 Å². The molecule has 0 aliphatic carbocycles. The zero-order valence-electron chi connectivity index (χ0n) is 14.1. The molecule has 0 saturated heterocycles. The Hall–Kier alpha value is -2.76. The summed E-state index contributed by atoms with van der Waals surface area (Å²) in [6.45, 7) is 0. The topological polar surface area (TPSA) is 37.8 Å². The van der Waals surface area contributed by atoms with E-state index in [-0.39, 0.29) is 0 Å². The van der Waals surface area contributed by atoms with Gasteiger partial charge in [-0.05, 0) is 54.6 Å². The summed E-state index contributed by atoms with van der Waals surface area (Å²) in [4.78, 5) is 9.57. The minimum atomic E-state index is 1.03. The highest BCUT2D eigenvalue weighted by atomic mass is 32.1. The quantitative estimate of drug-likeness (QED) is 0.405. The summed E-state index contributed by atoms with van der Waals surface area (Å²) in [5.41, 5.74) is 5.49. The standard InChI is InChI=1S/C21H15N3S2/c1-22-15-9-6-13(7-10-15)20-24-17-11-8-14(12-19(17)26-20)21-23-16-4-2-3-5-18(16)25-21/h2-12,22H,1H3/i1-1. The van der Waals surface area contributed by atoms with E-state index in [0.29, 0.717) is 0 Å². The molecule has 0 fully saturated rings. The second-order valence-electron chi connectivity index (χ2n) is 6.02. The van der Waals surface area contributed by atoms with E-state index in [9.17, 15) is 0 Å². The van der Waals surface area contributed by atoms with Crippen molar-refractivity contribution in [3.8, 4) is 21.1 Å². The Bertz CT molecular complexity index is 1190. The fraction of sp³-hybridized carbons (Fsp3) is 0.0476. The summed E-state index contributed by atoms with van der Waals surface area (Å²) in [6, 6.07) is 23.1. The number of hydrogen-bond acceptors (Lipinski definition) is 5. The van der Waals surface area contributed by atoms with Crippen LogP contribution in [0.4, 0.5) is 5.69 Å². The van der Waals surface area contributed by atoms with Gasteiger partial charge in [0, 0.05) is 23.9 Å². The SMILES string of the molecule is [11CH3]Nc1ccc(-c2nc3ccc(-c4nc5ccccc5s4)cc3s2)cc1. The summed E-state index contributed by atoms with van der Waals surface area (Å²) >= 11 is 3.46. The molecule has 0 atom stereocenters. The van der Waals surface area contributed by atoms with Crippen LogP contribution in [0.2, 0.25) is 0 Å². The zero-order chi connectivity index (χ0) is 17.5. The predicted molar refractivity (Wildman–Crippen MR) is 113 cm³/mol. The van der Waals surface area contributed by atoms with Crippen molar-refractivity contribution in [1.29, 1.82) is 0 Å². The molecule has 3 aromatic carbocycles. The van der Waals surface area contributed by atoms with E-state index in [0.717, 1.165) is 37.9 Å². The van der Waals surface area contributed by atoms with Crippen molar-refractivity contribution < 1.29 is 0 Å². The molecule has 0 bridgehead atoms. The van der Waals surface area contributed by atoms with Crippen molar-refractivity contribution in [2.24, 2.45) is 0 Å². The lowest BCUT2D eigenvalue weighted by atomic mass is 10.2. The summed E-state index contributed by atoms with van der Waals surface area (Å²) < 4.78 is 2.41. The summed E-state index contributed by atoms with van der Waals surface area (Å²) in [5.74, 6) is 0. The lowest BCUT2D eigenvalue weighted by Crippen LogP contribution is -1.86. The van der Waals surface area contributed by atoms with Crippen molar-refractivity contribution in [2.45, 2.75) is 0 Å². The average molecular weight is 373 g/mol. The van der Waals surface area contributed by atoms with Gasteiger partial charge in [0.2, 0.25) is 0 Å². The second kappa shape index (κ2) is 6.20. The third-order valence-corrected chi connectivity index (χ3v) is 6.50. The molecule has 2 aromatic heterocycles. The van der Waals surface area contributed by atoms with E-state index in [1.807, 2.05) is 13.1 Å². The van der Waals surface area contributed by atoms with Crippen LogP contribution in [0.5, 0.6) is 0 Å². The first-order valence-electron chi connectivity index (χ1n) is 8.35. The average Bonchev–Trinajstić information content (AvgIpc) is 3.31. The second-order valence-corrected chi connectivity index (χ2v) is 8.08. The molecule has 5 heteroatoms. The van der Waals surface area contributed by atoms with E-state index in [1.165, 1.54) is 9.40 Å². The lowest BCUT2D eigenvalue weighted by Gasteiger charge is -2.00. The zero-order valence-corrected chi connectivity index (χ0v) is 15.7. The maximum atomic E-state index is 4.80. The van der Waals surface area contributed by atoms with Crippen LogP contribution in [0, 0.1) is 0 Å². The number of para-hydroxylation sites is 1. The lowest BCUT2D eigenvalue weighted by molar-refractivity contribution is 1.45.